The largest absolute Gasteiger partial charge is 0.337 e. The van der Waals surface area contributed by atoms with Crippen molar-refractivity contribution in [3.05, 3.63) is 51.4 Å². The van der Waals surface area contributed by atoms with E-state index in [1.54, 1.807) is 36.5 Å². The van der Waals surface area contributed by atoms with Crippen molar-refractivity contribution in [2.24, 2.45) is 0 Å². The summed E-state index contributed by atoms with van der Waals surface area (Å²) in [5.41, 5.74) is 0.644. The highest BCUT2D eigenvalue weighted by atomic mass is 35.5. The third-order valence-corrected chi connectivity index (χ3v) is 3.51. The Balaban J connectivity index is 2.06. The van der Waals surface area contributed by atoms with E-state index in [0.29, 0.717) is 12.1 Å². The summed E-state index contributed by atoms with van der Waals surface area (Å²) in [7, 11) is 1.77. The second kappa shape index (κ2) is 5.29. The lowest BCUT2D eigenvalue weighted by molar-refractivity contribution is 0.0786. The quantitative estimate of drug-likeness (QED) is 0.855. The number of aromatic nitrogens is 1. The minimum absolute atomic E-state index is 0.0167. The molecule has 0 aromatic carbocycles. The molecule has 0 saturated heterocycles. The highest BCUT2D eigenvalue weighted by Crippen LogP contribution is 2.22. The number of hydrogen-bond donors (Lipinski definition) is 0. The molecule has 2 aromatic rings. The molecule has 2 aromatic heterocycles. The van der Waals surface area contributed by atoms with Gasteiger partial charge in [-0.3, -0.25) is 9.78 Å². The van der Waals surface area contributed by atoms with Crippen LogP contribution in [0, 0.1) is 0 Å². The van der Waals surface area contributed by atoms with E-state index in [9.17, 15) is 4.79 Å². The molecule has 2 heterocycles. The topological polar surface area (TPSA) is 33.2 Å². The first-order valence-electron chi connectivity index (χ1n) is 5.06. The number of carbonyl (C=O) groups excluding carboxylic acids is 1. The van der Waals surface area contributed by atoms with Crippen molar-refractivity contribution in [3.8, 4) is 0 Å². The molecule has 0 radical (unpaired) electrons. The zero-order chi connectivity index (χ0) is 12.3. The van der Waals surface area contributed by atoms with Crippen molar-refractivity contribution < 1.29 is 4.79 Å². The van der Waals surface area contributed by atoms with Crippen LogP contribution in [0.2, 0.25) is 4.34 Å². The van der Waals surface area contributed by atoms with Gasteiger partial charge in [0.1, 0.15) is 0 Å². The summed E-state index contributed by atoms with van der Waals surface area (Å²) in [6, 6.07) is 7.19. The molecule has 0 unspecified atom stereocenters. The second-order valence-corrected chi connectivity index (χ2v) is 5.40. The Hall–Kier alpha value is -1.39. The summed E-state index contributed by atoms with van der Waals surface area (Å²) in [6.45, 7) is 0.568. The maximum atomic E-state index is 12.0. The van der Waals surface area contributed by atoms with Crippen LogP contribution >= 0.6 is 22.9 Å². The summed E-state index contributed by atoms with van der Waals surface area (Å²) in [5.74, 6) is -0.0167. The van der Waals surface area contributed by atoms with Gasteiger partial charge in [0.2, 0.25) is 0 Å². The number of hydrogen-bond acceptors (Lipinski definition) is 3. The van der Waals surface area contributed by atoms with Gasteiger partial charge >= 0.3 is 0 Å². The smallest absolute Gasteiger partial charge is 0.254 e. The predicted octanol–water partition coefficient (Wildman–Crippen LogP) is 3.07. The zero-order valence-electron chi connectivity index (χ0n) is 9.26. The Morgan fingerprint density at radius 3 is 2.65 bits per heavy atom. The van der Waals surface area contributed by atoms with Gasteiger partial charge in [-0.2, -0.15) is 0 Å². The van der Waals surface area contributed by atoms with E-state index >= 15 is 0 Å². The molecule has 0 spiro atoms. The van der Waals surface area contributed by atoms with Crippen LogP contribution in [-0.4, -0.2) is 22.8 Å². The van der Waals surface area contributed by atoms with Crippen molar-refractivity contribution in [2.45, 2.75) is 6.54 Å². The molecule has 1 amide bonds. The highest BCUT2D eigenvalue weighted by molar-refractivity contribution is 7.16. The van der Waals surface area contributed by atoms with E-state index in [1.807, 2.05) is 12.1 Å². The van der Waals surface area contributed by atoms with E-state index in [0.717, 1.165) is 9.21 Å². The van der Waals surface area contributed by atoms with Crippen LogP contribution in [0.1, 0.15) is 15.2 Å². The van der Waals surface area contributed by atoms with E-state index in [4.69, 9.17) is 11.6 Å². The summed E-state index contributed by atoms with van der Waals surface area (Å²) in [6.07, 6.45) is 3.23. The molecular weight excluding hydrogens is 256 g/mol. The minimum Gasteiger partial charge on any atom is -0.337 e. The SMILES string of the molecule is CN(Cc1ccc(Cl)s1)C(=O)c1ccncc1. The molecule has 5 heteroatoms. The van der Waals surface area contributed by atoms with Crippen LogP contribution in [0.3, 0.4) is 0 Å². The number of pyridine rings is 1. The maximum Gasteiger partial charge on any atom is 0.254 e. The van der Waals surface area contributed by atoms with Crippen LogP contribution < -0.4 is 0 Å². The van der Waals surface area contributed by atoms with Crippen LogP contribution in [0.5, 0.6) is 0 Å². The van der Waals surface area contributed by atoms with Gasteiger partial charge in [-0.25, -0.2) is 0 Å². The molecule has 0 aliphatic carbocycles. The monoisotopic (exact) mass is 266 g/mol. The number of thiophene rings is 1. The van der Waals surface area contributed by atoms with Crippen molar-refractivity contribution in [1.82, 2.24) is 9.88 Å². The lowest BCUT2D eigenvalue weighted by Crippen LogP contribution is -2.25. The summed E-state index contributed by atoms with van der Waals surface area (Å²) < 4.78 is 0.741. The minimum atomic E-state index is -0.0167. The van der Waals surface area contributed by atoms with Crippen molar-refractivity contribution >= 4 is 28.8 Å². The fourth-order valence-corrected chi connectivity index (χ4v) is 2.60. The van der Waals surface area contributed by atoms with Gasteiger partial charge in [0, 0.05) is 29.9 Å². The van der Waals surface area contributed by atoms with E-state index < -0.39 is 0 Å². The first-order chi connectivity index (χ1) is 8.16. The van der Waals surface area contributed by atoms with Crippen molar-refractivity contribution in [3.63, 3.8) is 0 Å². The summed E-state index contributed by atoms with van der Waals surface area (Å²) >= 11 is 7.34. The molecular formula is C12H11ClN2OS. The molecule has 0 N–H and O–H groups in total. The fraction of sp³-hybridized carbons (Fsp3) is 0.167. The Bertz CT molecular complexity index is 512. The van der Waals surface area contributed by atoms with Crippen LogP contribution in [0.4, 0.5) is 0 Å². The first kappa shape index (κ1) is 12.1. The molecule has 0 aliphatic rings. The Labute approximate surface area is 109 Å². The average molecular weight is 267 g/mol. The normalized spacial score (nSPS) is 10.2. The number of halogens is 1. The van der Waals surface area contributed by atoms with Crippen molar-refractivity contribution in [2.75, 3.05) is 7.05 Å². The molecule has 0 fully saturated rings. The van der Waals surface area contributed by atoms with Gasteiger partial charge in [0.15, 0.2) is 0 Å². The van der Waals surface area contributed by atoms with Gasteiger partial charge in [0.05, 0.1) is 10.9 Å². The standard InChI is InChI=1S/C12H11ClN2OS/c1-15(8-10-2-3-11(13)17-10)12(16)9-4-6-14-7-5-9/h2-7H,8H2,1H3. The average Bonchev–Trinajstić information content (AvgIpc) is 2.75. The van der Waals surface area contributed by atoms with Crippen LogP contribution in [-0.2, 0) is 6.54 Å². The third-order valence-electron chi connectivity index (χ3n) is 2.30. The molecule has 0 aliphatic heterocycles. The molecule has 88 valence electrons. The summed E-state index contributed by atoms with van der Waals surface area (Å²) in [4.78, 5) is 18.6. The van der Waals surface area contributed by atoms with Crippen LogP contribution in [0.25, 0.3) is 0 Å². The van der Waals surface area contributed by atoms with Gasteiger partial charge in [0.25, 0.3) is 5.91 Å². The number of amides is 1. The van der Waals surface area contributed by atoms with E-state index in [-0.39, 0.29) is 5.91 Å². The second-order valence-electron chi connectivity index (χ2n) is 3.60. The van der Waals surface area contributed by atoms with E-state index in [1.165, 1.54) is 11.3 Å². The molecule has 3 nitrogen and oxygen atoms in total. The number of nitrogens with zero attached hydrogens (tertiary/aromatic N) is 2. The molecule has 0 saturated carbocycles. The lowest BCUT2D eigenvalue weighted by atomic mass is 10.2. The lowest BCUT2D eigenvalue weighted by Gasteiger charge is -2.15. The van der Waals surface area contributed by atoms with Gasteiger partial charge in [-0.1, -0.05) is 11.6 Å². The van der Waals surface area contributed by atoms with Crippen LogP contribution in [0.15, 0.2) is 36.7 Å². The van der Waals surface area contributed by atoms with E-state index in [2.05, 4.69) is 4.98 Å². The zero-order valence-corrected chi connectivity index (χ0v) is 10.8. The Morgan fingerprint density at radius 2 is 2.06 bits per heavy atom. The number of rotatable bonds is 3. The highest BCUT2D eigenvalue weighted by Gasteiger charge is 2.12. The van der Waals surface area contributed by atoms with Crippen molar-refractivity contribution in [1.29, 1.82) is 0 Å². The predicted molar refractivity (Wildman–Crippen MR) is 69.4 cm³/mol. The number of carbonyl (C=O) groups is 1. The molecule has 2 rings (SSSR count). The molecule has 17 heavy (non-hydrogen) atoms. The maximum absolute atomic E-state index is 12.0. The molecule has 0 bridgehead atoms. The van der Waals surface area contributed by atoms with Gasteiger partial charge < -0.3 is 4.90 Å². The Morgan fingerprint density at radius 1 is 1.35 bits per heavy atom. The third kappa shape index (κ3) is 3.05. The Kier molecular flexibility index (Phi) is 3.76. The van der Waals surface area contributed by atoms with Gasteiger partial charge in [-0.15, -0.1) is 11.3 Å². The molecule has 0 atom stereocenters. The summed E-state index contributed by atoms with van der Waals surface area (Å²) in [5, 5.41) is 0. The van der Waals surface area contributed by atoms with Gasteiger partial charge in [-0.05, 0) is 24.3 Å². The fourth-order valence-electron chi connectivity index (χ4n) is 1.46. The first-order valence-corrected chi connectivity index (χ1v) is 6.26.